The smallest absolute Gasteiger partial charge is 0.283 e. The average Bonchev–Trinajstić information content (AvgIpc) is 3.29. The number of halogens is 2. The molecule has 0 saturated heterocycles. The molecule has 0 fully saturated rings. The molecule has 0 radical (unpaired) electrons. The van der Waals surface area contributed by atoms with E-state index in [1.807, 2.05) is 39.8 Å². The van der Waals surface area contributed by atoms with Crippen molar-refractivity contribution in [3.05, 3.63) is 63.9 Å². The number of rotatable bonds is 8. The van der Waals surface area contributed by atoms with Gasteiger partial charge in [-0.25, -0.2) is 13.8 Å². The number of benzene rings is 2. The van der Waals surface area contributed by atoms with Gasteiger partial charge in [-0.05, 0) is 51.8 Å². The van der Waals surface area contributed by atoms with E-state index in [4.69, 9.17) is 21.1 Å². The summed E-state index contributed by atoms with van der Waals surface area (Å²) in [6, 6.07) is 9.77. The van der Waals surface area contributed by atoms with E-state index in [1.165, 1.54) is 30.0 Å². The lowest BCUT2D eigenvalue weighted by Gasteiger charge is -2.22. The number of hydrogen-bond donors (Lipinski definition) is 1. The molecule has 1 aliphatic rings. The van der Waals surface area contributed by atoms with Crippen LogP contribution in [0, 0.1) is 5.82 Å². The van der Waals surface area contributed by atoms with E-state index in [-0.39, 0.29) is 41.0 Å². The van der Waals surface area contributed by atoms with E-state index in [0.29, 0.717) is 18.0 Å². The van der Waals surface area contributed by atoms with Gasteiger partial charge < -0.3 is 9.47 Å². The topological polar surface area (TPSA) is 99.5 Å². The lowest BCUT2D eigenvalue weighted by Crippen LogP contribution is -2.33. The molecule has 2 aromatic carbocycles. The summed E-state index contributed by atoms with van der Waals surface area (Å²) in [5, 5.41) is 3.84. The number of sulfonamides is 1. The summed E-state index contributed by atoms with van der Waals surface area (Å²) in [4.78, 5) is 13.1. The maximum absolute atomic E-state index is 14.2. The summed E-state index contributed by atoms with van der Waals surface area (Å²) in [7, 11) is -2.69. The highest BCUT2D eigenvalue weighted by atomic mass is 35.5. The van der Waals surface area contributed by atoms with Gasteiger partial charge in [-0.2, -0.15) is 13.5 Å². The third-order valence-corrected chi connectivity index (χ3v) is 8.08. The summed E-state index contributed by atoms with van der Waals surface area (Å²) in [6.07, 6.45) is -0.394. The van der Waals surface area contributed by atoms with Crippen molar-refractivity contribution in [2.45, 2.75) is 63.6 Å². The first kappa shape index (κ1) is 28.1. The minimum Gasteiger partial charge on any atom is -0.475 e. The van der Waals surface area contributed by atoms with Crippen molar-refractivity contribution >= 4 is 27.5 Å². The summed E-state index contributed by atoms with van der Waals surface area (Å²) >= 11 is 5.87. The van der Waals surface area contributed by atoms with Crippen LogP contribution in [0.3, 0.4) is 0 Å². The Hall–Kier alpha value is -2.95. The summed E-state index contributed by atoms with van der Waals surface area (Å²) in [5.41, 5.74) is 3.96. The molecular formula is C27H31ClFN3O5S. The molecule has 1 aromatic heterocycles. The number of carbonyl (C=O) groups is 1. The van der Waals surface area contributed by atoms with Crippen LogP contribution in [0.15, 0.2) is 41.4 Å². The highest BCUT2D eigenvalue weighted by Gasteiger charge is 2.28. The number of amides is 1. The fourth-order valence-corrected chi connectivity index (χ4v) is 5.57. The fourth-order valence-electron chi connectivity index (χ4n) is 4.52. The monoisotopic (exact) mass is 563 g/mol. The first-order chi connectivity index (χ1) is 17.9. The van der Waals surface area contributed by atoms with Crippen LogP contribution in [0.4, 0.5) is 4.39 Å². The lowest BCUT2D eigenvalue weighted by atomic mass is 9.84. The van der Waals surface area contributed by atoms with Gasteiger partial charge in [0, 0.05) is 13.2 Å². The lowest BCUT2D eigenvalue weighted by molar-refractivity contribution is -0.118. The molecule has 2 heterocycles. The third-order valence-electron chi connectivity index (χ3n) is 6.52. The molecule has 8 nitrogen and oxygen atoms in total. The van der Waals surface area contributed by atoms with Gasteiger partial charge in [-0.1, -0.05) is 57.5 Å². The van der Waals surface area contributed by atoms with Crippen molar-refractivity contribution in [3.8, 4) is 17.0 Å². The standard InChI is InChI=1S/C27H31ClFN3O5S/c1-15(2)20-8-18(17-6-7-23(28)24(29)10-17)9-21(16(3)4)22(20)11-25(33)31-38(34,35)26-12-27-32(30-26)13-19(36-5)14-37-27/h6-10,12,15-16,19H,11,13-14H2,1-5H3,(H,31,33). The predicted octanol–water partition coefficient (Wildman–Crippen LogP) is 5.04. The molecule has 0 bridgehead atoms. The molecule has 204 valence electrons. The van der Waals surface area contributed by atoms with Crippen LogP contribution >= 0.6 is 11.6 Å². The van der Waals surface area contributed by atoms with Crippen molar-refractivity contribution in [2.75, 3.05) is 13.7 Å². The molecule has 1 aliphatic heterocycles. The van der Waals surface area contributed by atoms with Crippen LogP contribution in [0.1, 0.15) is 56.2 Å². The Morgan fingerprint density at radius 2 is 1.82 bits per heavy atom. The molecule has 0 aliphatic carbocycles. The van der Waals surface area contributed by atoms with Gasteiger partial charge in [0.15, 0.2) is 0 Å². The van der Waals surface area contributed by atoms with Crippen LogP contribution in [0.2, 0.25) is 5.02 Å². The normalized spacial score (nSPS) is 15.4. The maximum atomic E-state index is 14.2. The highest BCUT2D eigenvalue weighted by molar-refractivity contribution is 7.90. The molecule has 3 aromatic rings. The second kappa shape index (κ2) is 11.0. The molecule has 0 spiro atoms. The van der Waals surface area contributed by atoms with E-state index in [0.717, 1.165) is 22.3 Å². The van der Waals surface area contributed by atoms with E-state index in [9.17, 15) is 17.6 Å². The molecule has 1 amide bonds. The van der Waals surface area contributed by atoms with E-state index >= 15 is 0 Å². The zero-order valence-corrected chi connectivity index (χ0v) is 23.5. The van der Waals surface area contributed by atoms with Gasteiger partial charge >= 0.3 is 0 Å². The van der Waals surface area contributed by atoms with E-state index < -0.39 is 21.7 Å². The summed E-state index contributed by atoms with van der Waals surface area (Å²) < 4.78 is 54.5. The Morgan fingerprint density at radius 1 is 1.16 bits per heavy atom. The number of hydrogen-bond acceptors (Lipinski definition) is 6. The Morgan fingerprint density at radius 3 is 2.39 bits per heavy atom. The second-order valence-electron chi connectivity index (χ2n) is 9.95. The van der Waals surface area contributed by atoms with Crippen molar-refractivity contribution in [1.82, 2.24) is 14.5 Å². The van der Waals surface area contributed by atoms with Gasteiger partial charge in [0.05, 0.1) is 18.0 Å². The summed E-state index contributed by atoms with van der Waals surface area (Å²) in [6.45, 7) is 8.59. The fraction of sp³-hybridized carbons (Fsp3) is 0.407. The zero-order chi connectivity index (χ0) is 27.8. The van der Waals surface area contributed by atoms with Gasteiger partial charge in [-0.15, -0.1) is 0 Å². The van der Waals surface area contributed by atoms with Crippen LogP contribution in [0.25, 0.3) is 11.1 Å². The number of carbonyl (C=O) groups excluding carboxylic acids is 1. The minimum atomic E-state index is -4.23. The second-order valence-corrected chi connectivity index (χ2v) is 12.0. The van der Waals surface area contributed by atoms with Gasteiger partial charge in [0.2, 0.25) is 16.8 Å². The molecule has 1 unspecified atom stereocenters. The van der Waals surface area contributed by atoms with Gasteiger partial charge in [0.25, 0.3) is 10.0 Å². The first-order valence-electron chi connectivity index (χ1n) is 12.3. The maximum Gasteiger partial charge on any atom is 0.283 e. The van der Waals surface area contributed by atoms with Crippen molar-refractivity contribution in [3.63, 3.8) is 0 Å². The molecular weight excluding hydrogens is 533 g/mol. The van der Waals surface area contributed by atoms with Gasteiger partial charge in [0.1, 0.15) is 18.5 Å². The van der Waals surface area contributed by atoms with Crippen LogP contribution < -0.4 is 9.46 Å². The van der Waals surface area contributed by atoms with Crippen molar-refractivity contribution < 1.29 is 27.1 Å². The molecule has 11 heteroatoms. The van der Waals surface area contributed by atoms with Gasteiger partial charge in [-0.3, -0.25) is 4.79 Å². The molecule has 38 heavy (non-hydrogen) atoms. The first-order valence-corrected chi connectivity index (χ1v) is 14.2. The molecule has 1 atom stereocenters. The number of nitrogens with one attached hydrogen (secondary N) is 1. The SMILES string of the molecule is COC1COc2cc(S(=O)(=O)NC(=O)Cc3c(C(C)C)cc(-c4ccc(Cl)c(F)c4)cc3C(C)C)nn2C1. The Kier molecular flexibility index (Phi) is 8.15. The van der Waals surface area contributed by atoms with Crippen LogP contribution in [0.5, 0.6) is 5.88 Å². The number of ether oxygens (including phenoxy) is 2. The molecule has 4 rings (SSSR count). The number of nitrogens with zero attached hydrogens (tertiary/aromatic N) is 2. The third kappa shape index (κ3) is 5.87. The summed E-state index contributed by atoms with van der Waals surface area (Å²) in [5.74, 6) is -0.853. The van der Waals surface area contributed by atoms with Crippen molar-refractivity contribution in [2.24, 2.45) is 0 Å². The minimum absolute atomic E-state index is 0.0229. The van der Waals surface area contributed by atoms with E-state index in [2.05, 4.69) is 9.82 Å². The Balaban J connectivity index is 1.63. The van der Waals surface area contributed by atoms with Crippen molar-refractivity contribution in [1.29, 1.82) is 0 Å². The Labute approximate surface area is 227 Å². The molecule has 0 saturated carbocycles. The largest absolute Gasteiger partial charge is 0.475 e. The number of methoxy groups -OCH3 is 1. The Bertz CT molecular complexity index is 1440. The zero-order valence-electron chi connectivity index (χ0n) is 21.9. The number of fused-ring (bicyclic) bond motifs is 1. The van der Waals surface area contributed by atoms with Crippen LogP contribution in [-0.2, 0) is 32.5 Å². The van der Waals surface area contributed by atoms with Crippen LogP contribution in [-0.4, -0.2) is 43.9 Å². The quantitative estimate of drug-likeness (QED) is 0.412. The molecule has 1 N–H and O–H groups in total. The highest BCUT2D eigenvalue weighted by Crippen LogP contribution is 2.35. The average molecular weight is 564 g/mol. The number of aromatic nitrogens is 2. The predicted molar refractivity (Wildman–Crippen MR) is 143 cm³/mol. The van der Waals surface area contributed by atoms with E-state index in [1.54, 1.807) is 6.07 Å².